The molecule has 1 N–H and O–H groups in total. The summed E-state index contributed by atoms with van der Waals surface area (Å²) in [6, 6.07) is 0. The molecular weight excluding hydrogens is 282 g/mol. The van der Waals surface area contributed by atoms with Crippen molar-refractivity contribution in [1.29, 1.82) is 0 Å². The lowest BCUT2D eigenvalue weighted by molar-refractivity contribution is 0.0696. The molecule has 2 aromatic heterocycles. The molecule has 6 heteroatoms. The minimum atomic E-state index is -1.03. The molecule has 2 rings (SSSR count). The average molecular weight is 288 g/mol. The summed E-state index contributed by atoms with van der Waals surface area (Å²) in [5.74, 6) is -0.711. The van der Waals surface area contributed by atoms with Crippen LogP contribution in [-0.4, -0.2) is 16.2 Å². The summed E-state index contributed by atoms with van der Waals surface area (Å²) in [4.78, 5) is 11.0. The molecule has 2 heterocycles. The van der Waals surface area contributed by atoms with E-state index in [1.54, 1.807) is 6.92 Å². The Bertz CT molecular complexity index is 517. The van der Waals surface area contributed by atoms with Gasteiger partial charge in [-0.05, 0) is 22.9 Å². The monoisotopic (exact) mass is 287 g/mol. The third-order valence-corrected chi connectivity index (χ3v) is 3.65. The molecule has 0 aliphatic heterocycles. The van der Waals surface area contributed by atoms with E-state index in [0.717, 1.165) is 10.0 Å². The lowest BCUT2D eigenvalue weighted by Crippen LogP contribution is -1.98. The summed E-state index contributed by atoms with van der Waals surface area (Å²) in [7, 11) is 0. The number of carboxylic acids is 1. The number of thiophene rings is 1. The van der Waals surface area contributed by atoms with Gasteiger partial charge in [-0.25, -0.2) is 4.79 Å². The second-order valence-corrected chi connectivity index (χ2v) is 4.50. The normalized spacial score (nSPS) is 10.5. The van der Waals surface area contributed by atoms with E-state index in [-0.39, 0.29) is 5.56 Å². The molecule has 0 fully saturated rings. The first kappa shape index (κ1) is 10.4. The fraction of sp³-hybridized carbons (Fsp3) is 0.111. The van der Waals surface area contributed by atoms with E-state index < -0.39 is 5.97 Å². The number of hydrogen-bond acceptors (Lipinski definition) is 4. The first-order valence-electron chi connectivity index (χ1n) is 4.03. The fourth-order valence-electron chi connectivity index (χ4n) is 1.26. The number of aromatic nitrogens is 1. The molecule has 0 radical (unpaired) electrons. The SMILES string of the molecule is Cc1onc(-c2cscc2Br)c1C(=O)O. The third-order valence-electron chi connectivity index (χ3n) is 1.95. The molecule has 0 bridgehead atoms. The van der Waals surface area contributed by atoms with Crippen LogP contribution in [0.4, 0.5) is 0 Å². The predicted molar refractivity (Wildman–Crippen MR) is 59.2 cm³/mol. The van der Waals surface area contributed by atoms with Crippen LogP contribution in [-0.2, 0) is 0 Å². The van der Waals surface area contributed by atoms with Crippen molar-refractivity contribution in [1.82, 2.24) is 5.16 Å². The lowest BCUT2D eigenvalue weighted by Gasteiger charge is -1.95. The van der Waals surface area contributed by atoms with Gasteiger partial charge in [0.15, 0.2) is 0 Å². The van der Waals surface area contributed by atoms with Gasteiger partial charge in [0.2, 0.25) is 0 Å². The van der Waals surface area contributed by atoms with Crippen LogP contribution in [0, 0.1) is 6.92 Å². The highest BCUT2D eigenvalue weighted by molar-refractivity contribution is 9.10. The molecule has 0 spiro atoms. The fourth-order valence-corrected chi connectivity index (χ4v) is 2.73. The Labute approximate surface area is 97.6 Å². The Morgan fingerprint density at radius 2 is 2.33 bits per heavy atom. The zero-order valence-corrected chi connectivity index (χ0v) is 10.1. The molecule has 0 amide bonds. The van der Waals surface area contributed by atoms with Crippen LogP contribution in [0.1, 0.15) is 16.1 Å². The first-order chi connectivity index (χ1) is 7.11. The molecule has 0 unspecified atom stereocenters. The van der Waals surface area contributed by atoms with Gasteiger partial charge in [-0.1, -0.05) is 5.16 Å². The van der Waals surface area contributed by atoms with Crippen LogP contribution in [0.2, 0.25) is 0 Å². The van der Waals surface area contributed by atoms with Gasteiger partial charge in [-0.15, -0.1) is 0 Å². The molecule has 0 aliphatic carbocycles. The molecule has 0 saturated carbocycles. The quantitative estimate of drug-likeness (QED) is 0.921. The molecular formula is C9H6BrNO3S. The van der Waals surface area contributed by atoms with Gasteiger partial charge in [-0.2, -0.15) is 11.3 Å². The van der Waals surface area contributed by atoms with E-state index in [0.29, 0.717) is 11.5 Å². The van der Waals surface area contributed by atoms with Crippen LogP contribution in [0.25, 0.3) is 11.3 Å². The Balaban J connectivity index is 2.64. The number of rotatable bonds is 2. The maximum atomic E-state index is 11.0. The molecule has 2 aromatic rings. The van der Waals surface area contributed by atoms with Gasteiger partial charge in [0.05, 0.1) is 0 Å². The van der Waals surface area contributed by atoms with E-state index in [1.807, 2.05) is 10.8 Å². The molecule has 0 aromatic carbocycles. The van der Waals surface area contributed by atoms with E-state index in [9.17, 15) is 4.79 Å². The lowest BCUT2D eigenvalue weighted by atomic mass is 10.1. The minimum absolute atomic E-state index is 0.120. The first-order valence-corrected chi connectivity index (χ1v) is 5.76. The molecule has 0 saturated heterocycles. The van der Waals surface area contributed by atoms with Crippen LogP contribution in [0.15, 0.2) is 19.8 Å². The van der Waals surface area contributed by atoms with Crippen LogP contribution in [0.5, 0.6) is 0 Å². The highest BCUT2D eigenvalue weighted by atomic mass is 79.9. The van der Waals surface area contributed by atoms with Gasteiger partial charge in [-0.3, -0.25) is 0 Å². The number of hydrogen-bond donors (Lipinski definition) is 1. The number of aromatic carboxylic acids is 1. The van der Waals surface area contributed by atoms with E-state index >= 15 is 0 Å². The van der Waals surface area contributed by atoms with Crippen molar-refractivity contribution in [2.45, 2.75) is 6.92 Å². The zero-order chi connectivity index (χ0) is 11.0. The van der Waals surface area contributed by atoms with Crippen molar-refractivity contribution < 1.29 is 14.4 Å². The van der Waals surface area contributed by atoms with Gasteiger partial charge < -0.3 is 9.63 Å². The van der Waals surface area contributed by atoms with Crippen LogP contribution >= 0.6 is 27.3 Å². The van der Waals surface area contributed by atoms with Crippen LogP contribution in [0.3, 0.4) is 0 Å². The van der Waals surface area contributed by atoms with E-state index in [2.05, 4.69) is 21.1 Å². The van der Waals surface area contributed by atoms with Crippen molar-refractivity contribution in [2.24, 2.45) is 0 Å². The summed E-state index contributed by atoms with van der Waals surface area (Å²) in [6.45, 7) is 1.58. The number of aryl methyl sites for hydroxylation is 1. The van der Waals surface area contributed by atoms with Crippen molar-refractivity contribution in [2.75, 3.05) is 0 Å². The smallest absolute Gasteiger partial charge is 0.341 e. The summed E-state index contributed by atoms with van der Waals surface area (Å²) < 4.78 is 5.71. The second kappa shape index (κ2) is 3.79. The summed E-state index contributed by atoms with van der Waals surface area (Å²) in [6.07, 6.45) is 0. The minimum Gasteiger partial charge on any atom is -0.477 e. The van der Waals surface area contributed by atoms with Crippen molar-refractivity contribution >= 4 is 33.2 Å². The summed E-state index contributed by atoms with van der Waals surface area (Å²) >= 11 is 4.80. The van der Waals surface area contributed by atoms with Gasteiger partial charge in [0.1, 0.15) is 17.0 Å². The Hall–Kier alpha value is -1.14. The predicted octanol–water partition coefficient (Wildman–Crippen LogP) is 3.17. The van der Waals surface area contributed by atoms with Crippen LogP contribution < -0.4 is 0 Å². The Morgan fingerprint density at radius 1 is 1.60 bits per heavy atom. The Morgan fingerprint density at radius 3 is 2.87 bits per heavy atom. The number of carbonyl (C=O) groups is 1. The maximum absolute atomic E-state index is 11.0. The zero-order valence-electron chi connectivity index (χ0n) is 7.65. The standard InChI is InChI=1S/C9H6BrNO3S/c1-4-7(9(12)13)8(11-14-4)5-2-15-3-6(5)10/h2-3H,1H3,(H,12,13). The molecule has 0 aliphatic rings. The second-order valence-electron chi connectivity index (χ2n) is 2.90. The number of carboxylic acid groups (broad SMARTS) is 1. The van der Waals surface area contributed by atoms with Crippen molar-refractivity contribution in [3.05, 3.63) is 26.6 Å². The van der Waals surface area contributed by atoms with Crippen molar-refractivity contribution in [3.63, 3.8) is 0 Å². The molecule has 15 heavy (non-hydrogen) atoms. The third kappa shape index (κ3) is 1.70. The highest BCUT2D eigenvalue weighted by Crippen LogP contribution is 2.33. The van der Waals surface area contributed by atoms with Crippen molar-refractivity contribution in [3.8, 4) is 11.3 Å². The Kier molecular flexibility index (Phi) is 2.62. The summed E-state index contributed by atoms with van der Waals surface area (Å²) in [5.41, 5.74) is 1.23. The van der Waals surface area contributed by atoms with E-state index in [4.69, 9.17) is 9.63 Å². The topological polar surface area (TPSA) is 63.3 Å². The molecule has 78 valence electrons. The number of nitrogens with zero attached hydrogens (tertiary/aromatic N) is 1. The highest BCUT2D eigenvalue weighted by Gasteiger charge is 2.22. The van der Waals surface area contributed by atoms with E-state index in [1.165, 1.54) is 11.3 Å². The van der Waals surface area contributed by atoms with Gasteiger partial charge in [0, 0.05) is 20.8 Å². The summed E-state index contributed by atoms with van der Waals surface area (Å²) in [5, 5.41) is 16.5. The van der Waals surface area contributed by atoms with Gasteiger partial charge in [0.25, 0.3) is 0 Å². The largest absolute Gasteiger partial charge is 0.477 e. The molecule has 4 nitrogen and oxygen atoms in total. The average Bonchev–Trinajstić information content (AvgIpc) is 2.71. The number of halogens is 1. The van der Waals surface area contributed by atoms with Gasteiger partial charge >= 0.3 is 5.97 Å². The maximum Gasteiger partial charge on any atom is 0.341 e. The molecule has 0 atom stereocenters.